The quantitative estimate of drug-likeness (QED) is 0.516. The smallest absolute Gasteiger partial charge is 0.255 e. The van der Waals surface area contributed by atoms with Gasteiger partial charge in [-0.15, -0.1) is 0 Å². The number of fused-ring (bicyclic) bond motifs is 1. The van der Waals surface area contributed by atoms with Gasteiger partial charge < -0.3 is 16.0 Å². The van der Waals surface area contributed by atoms with Crippen LogP contribution >= 0.6 is 0 Å². The SMILES string of the molecule is CC(N)c1ccc(C(=O)Nc2ccnc3[nH]ccc23)cc1-c1ccncc1. The number of carbonyl (C=O) groups excluding carboxylic acids is 1. The van der Waals surface area contributed by atoms with E-state index in [2.05, 4.69) is 20.3 Å². The van der Waals surface area contributed by atoms with Crippen molar-refractivity contribution in [3.8, 4) is 11.1 Å². The number of carbonyl (C=O) groups is 1. The minimum Gasteiger partial charge on any atom is -0.346 e. The van der Waals surface area contributed by atoms with E-state index in [1.807, 2.05) is 37.3 Å². The molecule has 1 unspecified atom stereocenters. The number of pyridine rings is 2. The van der Waals surface area contributed by atoms with Crippen LogP contribution in [0.15, 0.2) is 67.3 Å². The zero-order valence-electron chi connectivity index (χ0n) is 14.8. The first kappa shape index (κ1) is 16.9. The van der Waals surface area contributed by atoms with Crippen LogP contribution in [0.3, 0.4) is 0 Å². The van der Waals surface area contributed by atoms with Crippen LogP contribution in [-0.4, -0.2) is 20.9 Å². The monoisotopic (exact) mass is 357 g/mol. The van der Waals surface area contributed by atoms with E-state index in [0.717, 1.165) is 27.7 Å². The van der Waals surface area contributed by atoms with Crippen molar-refractivity contribution in [2.75, 3.05) is 5.32 Å². The van der Waals surface area contributed by atoms with Crippen LogP contribution in [0.4, 0.5) is 5.69 Å². The predicted octanol–water partition coefficient (Wildman–Crippen LogP) is 3.90. The number of nitrogens with two attached hydrogens (primary N) is 1. The lowest BCUT2D eigenvalue weighted by Crippen LogP contribution is -2.14. The summed E-state index contributed by atoms with van der Waals surface area (Å²) in [5.41, 5.74) is 11.0. The first-order valence-electron chi connectivity index (χ1n) is 8.67. The van der Waals surface area contributed by atoms with Crippen molar-refractivity contribution in [2.24, 2.45) is 5.73 Å². The Morgan fingerprint density at radius 1 is 1.11 bits per heavy atom. The van der Waals surface area contributed by atoms with Crippen LogP contribution in [0.5, 0.6) is 0 Å². The fraction of sp³-hybridized carbons (Fsp3) is 0.0952. The van der Waals surface area contributed by atoms with E-state index >= 15 is 0 Å². The topological polar surface area (TPSA) is 96.7 Å². The Kier molecular flexibility index (Phi) is 4.40. The maximum Gasteiger partial charge on any atom is 0.255 e. The molecule has 0 aliphatic rings. The largest absolute Gasteiger partial charge is 0.346 e. The molecule has 4 aromatic rings. The zero-order valence-corrected chi connectivity index (χ0v) is 14.8. The number of hydrogen-bond acceptors (Lipinski definition) is 4. The summed E-state index contributed by atoms with van der Waals surface area (Å²) in [6.07, 6.45) is 6.92. The third kappa shape index (κ3) is 3.30. The lowest BCUT2D eigenvalue weighted by atomic mass is 9.94. The van der Waals surface area contributed by atoms with Crippen LogP contribution in [0, 0.1) is 0 Å². The Morgan fingerprint density at radius 2 is 1.93 bits per heavy atom. The highest BCUT2D eigenvalue weighted by Crippen LogP contribution is 2.29. The number of amides is 1. The number of rotatable bonds is 4. The molecule has 0 aliphatic carbocycles. The Labute approximate surface area is 156 Å². The van der Waals surface area contributed by atoms with Crippen molar-refractivity contribution >= 4 is 22.6 Å². The molecule has 0 saturated heterocycles. The van der Waals surface area contributed by atoms with Gasteiger partial charge in [0.25, 0.3) is 5.91 Å². The predicted molar refractivity (Wildman–Crippen MR) is 106 cm³/mol. The lowest BCUT2D eigenvalue weighted by molar-refractivity contribution is 0.102. The third-order valence-corrected chi connectivity index (χ3v) is 4.51. The van der Waals surface area contributed by atoms with Gasteiger partial charge in [0.1, 0.15) is 5.65 Å². The summed E-state index contributed by atoms with van der Waals surface area (Å²) < 4.78 is 0. The number of aromatic nitrogens is 3. The average Bonchev–Trinajstić information content (AvgIpc) is 3.18. The Morgan fingerprint density at radius 3 is 2.70 bits per heavy atom. The summed E-state index contributed by atoms with van der Waals surface area (Å²) in [6.45, 7) is 1.93. The van der Waals surface area contributed by atoms with Gasteiger partial charge in [-0.1, -0.05) is 6.07 Å². The van der Waals surface area contributed by atoms with Crippen molar-refractivity contribution in [3.05, 3.63) is 78.4 Å². The van der Waals surface area contributed by atoms with E-state index < -0.39 is 0 Å². The number of anilines is 1. The molecule has 27 heavy (non-hydrogen) atoms. The highest BCUT2D eigenvalue weighted by atomic mass is 16.1. The number of aromatic amines is 1. The number of hydrogen-bond donors (Lipinski definition) is 3. The van der Waals surface area contributed by atoms with Crippen LogP contribution < -0.4 is 11.1 Å². The lowest BCUT2D eigenvalue weighted by Gasteiger charge is -2.15. The van der Waals surface area contributed by atoms with Gasteiger partial charge in [-0.2, -0.15) is 0 Å². The van der Waals surface area contributed by atoms with E-state index in [1.54, 1.807) is 36.9 Å². The molecule has 0 bridgehead atoms. The van der Waals surface area contributed by atoms with Crippen molar-refractivity contribution in [1.29, 1.82) is 0 Å². The molecule has 6 nitrogen and oxygen atoms in total. The maximum absolute atomic E-state index is 12.9. The molecule has 3 heterocycles. The van der Waals surface area contributed by atoms with E-state index in [0.29, 0.717) is 11.3 Å². The molecule has 0 radical (unpaired) electrons. The molecule has 4 N–H and O–H groups in total. The Hall–Kier alpha value is -3.51. The van der Waals surface area contributed by atoms with Gasteiger partial charge in [0.15, 0.2) is 0 Å². The van der Waals surface area contributed by atoms with E-state index in [-0.39, 0.29) is 11.9 Å². The van der Waals surface area contributed by atoms with Crippen LogP contribution in [-0.2, 0) is 0 Å². The Balaban J connectivity index is 1.71. The van der Waals surface area contributed by atoms with Crippen molar-refractivity contribution in [3.63, 3.8) is 0 Å². The Bertz CT molecular complexity index is 1100. The van der Waals surface area contributed by atoms with E-state index in [4.69, 9.17) is 5.73 Å². The third-order valence-electron chi connectivity index (χ3n) is 4.51. The molecule has 0 spiro atoms. The molecule has 3 aromatic heterocycles. The van der Waals surface area contributed by atoms with Gasteiger partial charge in [0, 0.05) is 41.8 Å². The van der Waals surface area contributed by atoms with Crippen molar-refractivity contribution in [1.82, 2.24) is 15.0 Å². The van der Waals surface area contributed by atoms with Gasteiger partial charge >= 0.3 is 0 Å². The average molecular weight is 357 g/mol. The molecule has 6 heteroatoms. The molecule has 0 fully saturated rings. The van der Waals surface area contributed by atoms with Crippen LogP contribution in [0.2, 0.25) is 0 Å². The summed E-state index contributed by atoms with van der Waals surface area (Å²) in [4.78, 5) is 24.2. The molecular formula is C21H19N5O. The van der Waals surface area contributed by atoms with Gasteiger partial charge in [-0.25, -0.2) is 4.98 Å². The molecule has 134 valence electrons. The fourth-order valence-electron chi connectivity index (χ4n) is 3.14. The molecule has 0 aliphatic heterocycles. The second-order valence-corrected chi connectivity index (χ2v) is 6.38. The fourth-order valence-corrected chi connectivity index (χ4v) is 3.14. The number of nitrogens with one attached hydrogen (secondary N) is 2. The summed E-state index contributed by atoms with van der Waals surface area (Å²) in [5, 5.41) is 3.84. The summed E-state index contributed by atoms with van der Waals surface area (Å²) >= 11 is 0. The van der Waals surface area contributed by atoms with Crippen LogP contribution in [0.25, 0.3) is 22.2 Å². The summed E-state index contributed by atoms with van der Waals surface area (Å²) in [5.74, 6) is -0.185. The first-order chi connectivity index (χ1) is 13.1. The summed E-state index contributed by atoms with van der Waals surface area (Å²) in [7, 11) is 0. The molecule has 1 atom stereocenters. The van der Waals surface area contributed by atoms with Gasteiger partial charge in [-0.05, 0) is 60.0 Å². The molecule has 1 amide bonds. The number of nitrogens with zero attached hydrogens (tertiary/aromatic N) is 2. The standard InChI is InChI=1S/C21H19N5O/c1-13(22)16-3-2-15(12-18(16)14-4-8-23-9-5-14)21(27)26-19-7-11-25-20-17(19)6-10-24-20/h2-13H,22H2,1H3,(H2,24,25,26,27). The van der Waals surface area contributed by atoms with Crippen molar-refractivity contribution < 1.29 is 4.79 Å². The highest BCUT2D eigenvalue weighted by molar-refractivity contribution is 6.08. The normalized spacial score (nSPS) is 12.1. The highest BCUT2D eigenvalue weighted by Gasteiger charge is 2.14. The molecule has 1 aromatic carbocycles. The number of H-pyrrole nitrogens is 1. The first-order valence-corrected chi connectivity index (χ1v) is 8.67. The maximum atomic E-state index is 12.9. The van der Waals surface area contributed by atoms with Gasteiger partial charge in [-0.3, -0.25) is 9.78 Å². The van der Waals surface area contributed by atoms with Crippen molar-refractivity contribution in [2.45, 2.75) is 13.0 Å². The minimum absolute atomic E-state index is 0.148. The molecular weight excluding hydrogens is 338 g/mol. The van der Waals surface area contributed by atoms with E-state index in [9.17, 15) is 4.79 Å². The molecule has 4 rings (SSSR count). The zero-order chi connectivity index (χ0) is 18.8. The molecule has 0 saturated carbocycles. The van der Waals surface area contributed by atoms with Gasteiger partial charge in [0.2, 0.25) is 0 Å². The second kappa shape index (κ2) is 7.01. The number of benzene rings is 1. The van der Waals surface area contributed by atoms with E-state index in [1.165, 1.54) is 0 Å². The van der Waals surface area contributed by atoms with Crippen LogP contribution in [0.1, 0.15) is 28.9 Å². The minimum atomic E-state index is -0.185. The summed E-state index contributed by atoms with van der Waals surface area (Å²) in [6, 6.07) is 12.9. The van der Waals surface area contributed by atoms with Gasteiger partial charge in [0.05, 0.1) is 5.69 Å². The second-order valence-electron chi connectivity index (χ2n) is 6.38.